The van der Waals surface area contributed by atoms with Gasteiger partial charge in [-0.25, -0.2) is 4.79 Å². The van der Waals surface area contributed by atoms with Gasteiger partial charge in [0.2, 0.25) is 0 Å². The average Bonchev–Trinajstić information content (AvgIpc) is 2.68. The molecule has 2 aliphatic rings. The summed E-state index contributed by atoms with van der Waals surface area (Å²) in [5, 5.41) is 12.1. The van der Waals surface area contributed by atoms with E-state index in [0.717, 1.165) is 38.7 Å². The number of urea groups is 1. The lowest BCUT2D eigenvalue weighted by atomic mass is 9.67. The first-order valence-electron chi connectivity index (χ1n) is 10.1. The second-order valence-corrected chi connectivity index (χ2v) is 8.55. The molecular formula is C22H31N3O2. The van der Waals surface area contributed by atoms with E-state index in [2.05, 4.69) is 49.5 Å². The lowest BCUT2D eigenvalue weighted by molar-refractivity contribution is -0.0838. The minimum absolute atomic E-state index is 0.000853. The quantitative estimate of drug-likeness (QED) is 0.877. The highest BCUT2D eigenvalue weighted by Crippen LogP contribution is 2.43. The summed E-state index contributed by atoms with van der Waals surface area (Å²) in [5.74, 6) is 0.0971. The summed E-state index contributed by atoms with van der Waals surface area (Å²) in [6.45, 7) is 7.06. The zero-order valence-corrected chi connectivity index (χ0v) is 16.5. The molecule has 1 N–H and O–H groups in total. The molecule has 2 fully saturated rings. The largest absolute Gasteiger partial charge is 0.376 e. The Labute approximate surface area is 162 Å². The van der Waals surface area contributed by atoms with Crippen LogP contribution in [0.15, 0.2) is 30.3 Å². The molecule has 0 radical (unpaired) electrons. The molecule has 2 amide bonds. The summed E-state index contributed by atoms with van der Waals surface area (Å²) in [6.07, 6.45) is 4.40. The number of rotatable bonds is 4. The molecule has 0 aromatic heterocycles. The van der Waals surface area contributed by atoms with Crippen molar-refractivity contribution in [1.29, 1.82) is 5.26 Å². The third-order valence-corrected chi connectivity index (χ3v) is 6.07. The van der Waals surface area contributed by atoms with Gasteiger partial charge in [-0.15, -0.1) is 0 Å². The third-order valence-electron chi connectivity index (χ3n) is 6.07. The Morgan fingerprint density at radius 3 is 2.63 bits per heavy atom. The molecule has 146 valence electrons. The molecule has 0 bridgehead atoms. The predicted molar refractivity (Wildman–Crippen MR) is 105 cm³/mol. The van der Waals surface area contributed by atoms with Crippen LogP contribution in [0.25, 0.3) is 0 Å². The van der Waals surface area contributed by atoms with Crippen LogP contribution in [0.1, 0.15) is 51.5 Å². The number of carbonyl (C=O) groups is 1. The number of nitrogens with zero attached hydrogens (tertiary/aromatic N) is 2. The molecule has 2 aliphatic heterocycles. The molecule has 0 aliphatic carbocycles. The standard InChI is InChI=1S/C22H31N3O2/c1-21(2)17-22(11-15-27-21,19-6-4-3-5-7-19)10-12-24-20(26)25-13-8-18(16-23)9-14-25/h3-7,18H,8-15,17H2,1-2H3,(H,24,26)/t22-/m1/s1. The second-order valence-electron chi connectivity index (χ2n) is 8.55. The van der Waals surface area contributed by atoms with Crippen molar-refractivity contribution >= 4 is 6.03 Å². The highest BCUT2D eigenvalue weighted by molar-refractivity contribution is 5.74. The normalized spacial score (nSPS) is 25.6. The Morgan fingerprint density at radius 1 is 1.30 bits per heavy atom. The van der Waals surface area contributed by atoms with E-state index >= 15 is 0 Å². The number of amides is 2. The second kappa shape index (κ2) is 8.31. The first-order chi connectivity index (χ1) is 12.9. The fraction of sp³-hybridized carbons (Fsp3) is 0.636. The maximum absolute atomic E-state index is 12.5. The molecule has 2 saturated heterocycles. The van der Waals surface area contributed by atoms with E-state index in [9.17, 15) is 4.79 Å². The highest BCUT2D eigenvalue weighted by Gasteiger charge is 2.41. The van der Waals surface area contributed by atoms with E-state index in [4.69, 9.17) is 10.00 Å². The number of nitriles is 1. The highest BCUT2D eigenvalue weighted by atomic mass is 16.5. The number of ether oxygens (including phenoxy) is 1. The van der Waals surface area contributed by atoms with Crippen LogP contribution in [0.2, 0.25) is 0 Å². The Bertz CT molecular complexity index is 675. The van der Waals surface area contributed by atoms with Gasteiger partial charge in [0.05, 0.1) is 11.7 Å². The first-order valence-corrected chi connectivity index (χ1v) is 10.1. The Balaban J connectivity index is 1.61. The lowest BCUT2D eigenvalue weighted by Crippen LogP contribution is -2.48. The van der Waals surface area contributed by atoms with E-state index in [1.54, 1.807) is 0 Å². The van der Waals surface area contributed by atoms with Crippen LogP contribution in [0.3, 0.4) is 0 Å². The number of carbonyl (C=O) groups excluding carboxylic acids is 1. The minimum Gasteiger partial charge on any atom is -0.376 e. The fourth-order valence-electron chi connectivity index (χ4n) is 4.61. The van der Waals surface area contributed by atoms with Crippen molar-refractivity contribution in [2.24, 2.45) is 5.92 Å². The molecule has 2 heterocycles. The molecule has 1 aromatic carbocycles. The van der Waals surface area contributed by atoms with Gasteiger partial charge in [0.25, 0.3) is 0 Å². The van der Waals surface area contributed by atoms with Crippen LogP contribution in [-0.4, -0.2) is 42.8 Å². The number of hydrogen-bond donors (Lipinski definition) is 1. The van der Waals surface area contributed by atoms with E-state index in [1.807, 2.05) is 11.0 Å². The molecule has 5 heteroatoms. The van der Waals surface area contributed by atoms with Crippen LogP contribution in [0, 0.1) is 17.2 Å². The minimum atomic E-state index is -0.155. The number of nitrogens with one attached hydrogen (secondary N) is 1. The van der Waals surface area contributed by atoms with Crippen molar-refractivity contribution in [2.75, 3.05) is 26.2 Å². The number of benzene rings is 1. The number of hydrogen-bond acceptors (Lipinski definition) is 3. The topological polar surface area (TPSA) is 65.4 Å². The summed E-state index contributed by atoms with van der Waals surface area (Å²) >= 11 is 0. The van der Waals surface area contributed by atoms with Gasteiger partial charge in [-0.1, -0.05) is 30.3 Å². The zero-order valence-electron chi connectivity index (χ0n) is 16.5. The first kappa shape index (κ1) is 19.7. The van der Waals surface area contributed by atoms with E-state index in [-0.39, 0.29) is 23.0 Å². The molecular weight excluding hydrogens is 338 g/mol. The van der Waals surface area contributed by atoms with Gasteiger partial charge >= 0.3 is 6.03 Å². The van der Waals surface area contributed by atoms with Gasteiger partial charge in [0, 0.05) is 37.6 Å². The molecule has 1 aromatic rings. The maximum atomic E-state index is 12.5. The van der Waals surface area contributed by atoms with Gasteiger partial charge in [-0.2, -0.15) is 5.26 Å². The summed E-state index contributed by atoms with van der Waals surface area (Å²) in [5.41, 5.74) is 1.21. The third kappa shape index (κ3) is 4.81. The van der Waals surface area contributed by atoms with Crippen molar-refractivity contribution in [2.45, 2.75) is 57.0 Å². The van der Waals surface area contributed by atoms with Gasteiger partial charge in [0.15, 0.2) is 0 Å². The summed E-state index contributed by atoms with van der Waals surface area (Å²) in [7, 11) is 0. The molecule has 0 unspecified atom stereocenters. The predicted octanol–water partition coefficient (Wildman–Crippen LogP) is 3.85. The molecule has 3 rings (SSSR count). The molecule has 0 saturated carbocycles. The van der Waals surface area contributed by atoms with Crippen LogP contribution in [0.4, 0.5) is 4.79 Å². The van der Waals surface area contributed by atoms with Gasteiger partial charge in [-0.3, -0.25) is 0 Å². The van der Waals surface area contributed by atoms with Gasteiger partial charge < -0.3 is 15.0 Å². The van der Waals surface area contributed by atoms with E-state index in [1.165, 1.54) is 5.56 Å². The average molecular weight is 370 g/mol. The smallest absolute Gasteiger partial charge is 0.317 e. The summed E-state index contributed by atoms with van der Waals surface area (Å²) in [4.78, 5) is 14.4. The number of likely N-dealkylation sites (tertiary alicyclic amines) is 1. The van der Waals surface area contributed by atoms with Crippen LogP contribution in [-0.2, 0) is 10.2 Å². The molecule has 27 heavy (non-hydrogen) atoms. The molecule has 0 spiro atoms. The van der Waals surface area contributed by atoms with Crippen molar-refractivity contribution in [3.05, 3.63) is 35.9 Å². The van der Waals surface area contributed by atoms with Crippen molar-refractivity contribution in [3.63, 3.8) is 0 Å². The monoisotopic (exact) mass is 369 g/mol. The van der Waals surface area contributed by atoms with Gasteiger partial charge in [0.1, 0.15) is 0 Å². The van der Waals surface area contributed by atoms with Crippen LogP contribution in [0.5, 0.6) is 0 Å². The summed E-state index contributed by atoms with van der Waals surface area (Å²) in [6, 6.07) is 13.0. The molecule has 1 atom stereocenters. The fourth-order valence-corrected chi connectivity index (χ4v) is 4.61. The number of piperidine rings is 1. The van der Waals surface area contributed by atoms with E-state index in [0.29, 0.717) is 19.6 Å². The van der Waals surface area contributed by atoms with Gasteiger partial charge in [-0.05, 0) is 51.5 Å². The zero-order chi connectivity index (χ0) is 19.3. The lowest BCUT2D eigenvalue weighted by Gasteiger charge is -2.45. The Kier molecular flexibility index (Phi) is 6.06. The Hall–Kier alpha value is -2.06. The van der Waals surface area contributed by atoms with Crippen molar-refractivity contribution in [1.82, 2.24) is 10.2 Å². The molecule has 5 nitrogen and oxygen atoms in total. The van der Waals surface area contributed by atoms with Crippen molar-refractivity contribution < 1.29 is 9.53 Å². The summed E-state index contributed by atoms with van der Waals surface area (Å²) < 4.78 is 5.96. The van der Waals surface area contributed by atoms with Crippen LogP contribution < -0.4 is 5.32 Å². The SMILES string of the molecule is CC1(C)C[C@](CCNC(=O)N2CCC(C#N)CC2)(c2ccccc2)CCO1. The van der Waals surface area contributed by atoms with Crippen LogP contribution >= 0.6 is 0 Å². The van der Waals surface area contributed by atoms with Crippen molar-refractivity contribution in [3.8, 4) is 6.07 Å². The van der Waals surface area contributed by atoms with E-state index < -0.39 is 0 Å². The Morgan fingerprint density at radius 2 is 2.00 bits per heavy atom. The maximum Gasteiger partial charge on any atom is 0.317 e.